The molecule has 0 atom stereocenters. The zero-order chi connectivity index (χ0) is 13.0. The monoisotopic (exact) mass is 253 g/mol. The van der Waals surface area contributed by atoms with E-state index in [1.54, 1.807) is 0 Å². The summed E-state index contributed by atoms with van der Waals surface area (Å²) < 4.78 is 0. The maximum atomic E-state index is 12.2. The topological polar surface area (TPSA) is 40.5 Å². The average Bonchev–Trinajstić information content (AvgIpc) is 2.82. The summed E-state index contributed by atoms with van der Waals surface area (Å²) in [5.74, 6) is 0.825. The third kappa shape index (κ3) is 3.71. The van der Waals surface area contributed by atoms with E-state index in [9.17, 15) is 9.90 Å². The van der Waals surface area contributed by atoms with Crippen LogP contribution in [0.5, 0.6) is 0 Å². The molecule has 2 rings (SSSR count). The molecule has 18 heavy (non-hydrogen) atoms. The van der Waals surface area contributed by atoms with E-state index in [2.05, 4.69) is 0 Å². The molecule has 1 N–H and O–H groups in total. The summed E-state index contributed by atoms with van der Waals surface area (Å²) in [6, 6.07) is 0. The Labute approximate surface area is 111 Å². The number of carbonyl (C=O) groups excluding carboxylic acids is 1. The van der Waals surface area contributed by atoms with Crippen molar-refractivity contribution in [2.24, 2.45) is 5.92 Å². The molecule has 2 fully saturated rings. The summed E-state index contributed by atoms with van der Waals surface area (Å²) in [4.78, 5) is 14.0. The average molecular weight is 253 g/mol. The van der Waals surface area contributed by atoms with Gasteiger partial charge in [-0.2, -0.15) is 0 Å². The van der Waals surface area contributed by atoms with Gasteiger partial charge in [0, 0.05) is 13.6 Å². The highest BCUT2D eigenvalue weighted by molar-refractivity contribution is 5.77. The van der Waals surface area contributed by atoms with Crippen LogP contribution >= 0.6 is 0 Å². The number of hydrogen-bond acceptors (Lipinski definition) is 2. The molecule has 3 nitrogen and oxygen atoms in total. The Bertz CT molecular complexity index is 278. The molecule has 0 spiro atoms. The first-order chi connectivity index (χ1) is 8.59. The fourth-order valence-electron chi connectivity index (χ4n) is 3.49. The van der Waals surface area contributed by atoms with Gasteiger partial charge in [-0.05, 0) is 31.6 Å². The number of hydrogen-bond donors (Lipinski definition) is 1. The van der Waals surface area contributed by atoms with Gasteiger partial charge in [0.1, 0.15) is 0 Å². The molecule has 0 unspecified atom stereocenters. The van der Waals surface area contributed by atoms with E-state index in [-0.39, 0.29) is 5.91 Å². The fraction of sp³-hybridized carbons (Fsp3) is 0.933. The molecule has 1 amide bonds. The zero-order valence-electron chi connectivity index (χ0n) is 11.7. The third-order valence-electron chi connectivity index (χ3n) is 4.70. The van der Waals surface area contributed by atoms with Crippen molar-refractivity contribution in [1.29, 1.82) is 0 Å². The largest absolute Gasteiger partial charge is 0.389 e. The fourth-order valence-corrected chi connectivity index (χ4v) is 3.49. The normalized spacial score (nSPS) is 24.1. The molecule has 0 bridgehead atoms. The number of aliphatic hydroxyl groups is 1. The lowest BCUT2D eigenvalue weighted by atomic mass is 9.82. The molecule has 0 aromatic heterocycles. The van der Waals surface area contributed by atoms with Crippen molar-refractivity contribution in [2.45, 2.75) is 69.8 Å². The SMILES string of the molecule is CN(CC1CCCC1)C(=O)CC1(O)CCCCC1. The summed E-state index contributed by atoms with van der Waals surface area (Å²) in [5.41, 5.74) is -0.709. The Morgan fingerprint density at radius 1 is 1.17 bits per heavy atom. The molecule has 2 aliphatic carbocycles. The predicted molar refractivity (Wildman–Crippen MR) is 72.2 cm³/mol. The van der Waals surface area contributed by atoms with Crippen LogP contribution < -0.4 is 0 Å². The molecule has 104 valence electrons. The molecular formula is C15H27NO2. The minimum absolute atomic E-state index is 0.131. The van der Waals surface area contributed by atoms with Crippen LogP contribution in [0.15, 0.2) is 0 Å². The standard InChI is InChI=1S/C15H27NO2/c1-16(12-13-7-3-4-8-13)14(17)11-15(18)9-5-2-6-10-15/h13,18H,2-12H2,1H3. The predicted octanol–water partition coefficient (Wildman–Crippen LogP) is 2.72. The van der Waals surface area contributed by atoms with E-state index in [0.717, 1.165) is 32.2 Å². The zero-order valence-corrected chi connectivity index (χ0v) is 11.7. The van der Waals surface area contributed by atoms with E-state index in [1.165, 1.54) is 32.1 Å². The van der Waals surface area contributed by atoms with E-state index < -0.39 is 5.60 Å². The van der Waals surface area contributed by atoms with Crippen LogP contribution in [0.4, 0.5) is 0 Å². The molecule has 2 aliphatic rings. The first-order valence-corrected chi connectivity index (χ1v) is 7.55. The van der Waals surface area contributed by atoms with Gasteiger partial charge >= 0.3 is 0 Å². The maximum absolute atomic E-state index is 12.2. The van der Waals surface area contributed by atoms with E-state index >= 15 is 0 Å². The van der Waals surface area contributed by atoms with E-state index in [0.29, 0.717) is 12.3 Å². The van der Waals surface area contributed by atoms with Gasteiger partial charge < -0.3 is 10.0 Å². The first-order valence-electron chi connectivity index (χ1n) is 7.55. The van der Waals surface area contributed by atoms with Crippen molar-refractivity contribution in [3.05, 3.63) is 0 Å². The summed E-state index contributed by atoms with van der Waals surface area (Å²) in [5, 5.41) is 10.4. The van der Waals surface area contributed by atoms with Crippen LogP contribution in [0.1, 0.15) is 64.2 Å². The summed E-state index contributed by atoms with van der Waals surface area (Å²) in [7, 11) is 1.90. The Hall–Kier alpha value is -0.570. The van der Waals surface area contributed by atoms with Gasteiger partial charge in [0.15, 0.2) is 0 Å². The molecule has 0 heterocycles. The van der Waals surface area contributed by atoms with Crippen molar-refractivity contribution in [2.75, 3.05) is 13.6 Å². The first kappa shape index (κ1) is 13.9. The highest BCUT2D eigenvalue weighted by Gasteiger charge is 2.33. The Morgan fingerprint density at radius 2 is 1.78 bits per heavy atom. The lowest BCUT2D eigenvalue weighted by Gasteiger charge is -2.33. The van der Waals surface area contributed by atoms with Crippen LogP contribution in [0, 0.1) is 5.92 Å². The maximum Gasteiger partial charge on any atom is 0.225 e. The van der Waals surface area contributed by atoms with Crippen molar-refractivity contribution < 1.29 is 9.90 Å². The van der Waals surface area contributed by atoms with Crippen LogP contribution in [0.25, 0.3) is 0 Å². The van der Waals surface area contributed by atoms with Crippen molar-refractivity contribution in [3.63, 3.8) is 0 Å². The minimum Gasteiger partial charge on any atom is -0.389 e. The summed E-state index contributed by atoms with van der Waals surface area (Å²) in [6.07, 6.45) is 10.4. The van der Waals surface area contributed by atoms with E-state index in [4.69, 9.17) is 0 Å². The third-order valence-corrected chi connectivity index (χ3v) is 4.70. The second-order valence-electron chi connectivity index (χ2n) is 6.39. The van der Waals surface area contributed by atoms with Crippen LogP contribution in [0.3, 0.4) is 0 Å². The Kier molecular flexibility index (Phi) is 4.66. The Morgan fingerprint density at radius 3 is 2.39 bits per heavy atom. The van der Waals surface area contributed by atoms with Gasteiger partial charge in [-0.25, -0.2) is 0 Å². The van der Waals surface area contributed by atoms with Crippen LogP contribution in [-0.2, 0) is 4.79 Å². The summed E-state index contributed by atoms with van der Waals surface area (Å²) >= 11 is 0. The highest BCUT2D eigenvalue weighted by atomic mass is 16.3. The van der Waals surface area contributed by atoms with Crippen LogP contribution in [0.2, 0.25) is 0 Å². The smallest absolute Gasteiger partial charge is 0.225 e. The lowest BCUT2D eigenvalue weighted by Crippen LogP contribution is -2.40. The molecule has 0 saturated heterocycles. The quantitative estimate of drug-likeness (QED) is 0.837. The van der Waals surface area contributed by atoms with Crippen molar-refractivity contribution in [1.82, 2.24) is 4.90 Å². The second kappa shape index (κ2) is 6.05. The molecule has 3 heteroatoms. The van der Waals surface area contributed by atoms with Crippen molar-refractivity contribution >= 4 is 5.91 Å². The van der Waals surface area contributed by atoms with Gasteiger partial charge in [0.2, 0.25) is 5.91 Å². The molecule has 2 saturated carbocycles. The molecular weight excluding hydrogens is 226 g/mol. The van der Waals surface area contributed by atoms with Gasteiger partial charge in [-0.3, -0.25) is 4.79 Å². The number of rotatable bonds is 4. The van der Waals surface area contributed by atoms with Gasteiger partial charge in [0.05, 0.1) is 12.0 Å². The molecule has 0 radical (unpaired) electrons. The van der Waals surface area contributed by atoms with Crippen molar-refractivity contribution in [3.8, 4) is 0 Å². The van der Waals surface area contributed by atoms with E-state index in [1.807, 2.05) is 11.9 Å². The molecule has 0 aliphatic heterocycles. The van der Waals surface area contributed by atoms with Gasteiger partial charge in [-0.15, -0.1) is 0 Å². The Balaban J connectivity index is 1.78. The van der Waals surface area contributed by atoms with Gasteiger partial charge in [0.25, 0.3) is 0 Å². The summed E-state index contributed by atoms with van der Waals surface area (Å²) in [6.45, 7) is 0.884. The minimum atomic E-state index is -0.709. The highest BCUT2D eigenvalue weighted by Crippen LogP contribution is 2.31. The second-order valence-corrected chi connectivity index (χ2v) is 6.39. The number of carbonyl (C=O) groups is 1. The molecule has 0 aromatic carbocycles. The molecule has 0 aromatic rings. The van der Waals surface area contributed by atoms with Crippen LogP contribution in [-0.4, -0.2) is 35.1 Å². The lowest BCUT2D eigenvalue weighted by molar-refractivity contribution is -0.137. The number of amides is 1. The number of nitrogens with zero attached hydrogens (tertiary/aromatic N) is 1. The van der Waals surface area contributed by atoms with Gasteiger partial charge in [-0.1, -0.05) is 32.1 Å².